The van der Waals surface area contributed by atoms with Crippen molar-refractivity contribution in [2.75, 3.05) is 13.1 Å². The Hall–Kier alpha value is -1.99. The molecule has 7 heteroatoms. The Kier molecular flexibility index (Phi) is 5.14. The van der Waals surface area contributed by atoms with Crippen molar-refractivity contribution in [3.05, 3.63) is 23.3 Å². The maximum absolute atomic E-state index is 11.0. The van der Waals surface area contributed by atoms with E-state index in [0.29, 0.717) is 12.4 Å². The van der Waals surface area contributed by atoms with E-state index in [1.807, 2.05) is 4.57 Å². The molecule has 1 aromatic heterocycles. The summed E-state index contributed by atoms with van der Waals surface area (Å²) in [6.45, 7) is 4.96. The van der Waals surface area contributed by atoms with E-state index in [1.165, 1.54) is 30.4 Å². The number of nitrogens with two attached hydrogens (primary N) is 1. The molecular formula is C20H27N5OS. The van der Waals surface area contributed by atoms with Gasteiger partial charge in [0.15, 0.2) is 5.69 Å². The van der Waals surface area contributed by atoms with Crippen LogP contribution in [-0.4, -0.2) is 32.8 Å². The lowest BCUT2D eigenvalue weighted by Crippen LogP contribution is -2.29. The zero-order chi connectivity index (χ0) is 19.0. The number of rotatable bonds is 7. The lowest BCUT2D eigenvalue weighted by atomic mass is 10.1. The van der Waals surface area contributed by atoms with Crippen molar-refractivity contribution in [1.29, 1.82) is 0 Å². The molecule has 0 spiro atoms. The first-order chi connectivity index (χ1) is 13.1. The van der Waals surface area contributed by atoms with Crippen molar-refractivity contribution in [2.45, 2.75) is 52.1 Å². The summed E-state index contributed by atoms with van der Waals surface area (Å²) in [6, 6.07) is 4.38. The van der Waals surface area contributed by atoms with Crippen molar-refractivity contribution >= 4 is 33.9 Å². The Labute approximate surface area is 165 Å². The fourth-order valence-electron chi connectivity index (χ4n) is 4.13. The van der Waals surface area contributed by atoms with Crippen molar-refractivity contribution in [2.24, 2.45) is 21.9 Å². The van der Waals surface area contributed by atoms with E-state index in [1.54, 1.807) is 0 Å². The maximum Gasteiger partial charge on any atom is 0.221 e. The van der Waals surface area contributed by atoms with Crippen molar-refractivity contribution in [1.82, 2.24) is 9.47 Å². The zero-order valence-electron chi connectivity index (χ0n) is 15.8. The number of nitrogens with zero attached hydrogens (tertiary/aromatic N) is 4. The molecule has 1 fully saturated rings. The minimum Gasteiger partial charge on any atom is -0.493 e. The molecule has 0 radical (unpaired) electrons. The Morgan fingerprint density at radius 2 is 2.07 bits per heavy atom. The molecule has 2 aliphatic carbocycles. The highest BCUT2D eigenvalue weighted by Crippen LogP contribution is 2.42. The molecule has 2 aromatic rings. The average molecular weight is 386 g/mol. The van der Waals surface area contributed by atoms with Crippen LogP contribution in [0.15, 0.2) is 22.4 Å². The normalized spacial score (nSPS) is 16.7. The third-order valence-electron chi connectivity index (χ3n) is 5.57. The highest BCUT2D eigenvalue weighted by Gasteiger charge is 2.26. The van der Waals surface area contributed by atoms with E-state index in [-0.39, 0.29) is 11.0 Å². The Morgan fingerprint density at radius 1 is 1.33 bits per heavy atom. The molecule has 2 aliphatic rings. The number of aromatic nitrogens is 1. The van der Waals surface area contributed by atoms with Crippen LogP contribution in [0, 0.1) is 5.92 Å². The van der Waals surface area contributed by atoms with E-state index >= 15 is 0 Å². The third-order valence-corrected chi connectivity index (χ3v) is 5.65. The SMILES string of the molecule is CCCN(CC1CC1)Cn1c(O)c(N=NC(N)=S)c2cc3c(cc21)CCC3. The van der Waals surface area contributed by atoms with Crippen LogP contribution >= 0.6 is 12.2 Å². The fourth-order valence-corrected chi connectivity index (χ4v) is 4.17. The third kappa shape index (κ3) is 3.84. The van der Waals surface area contributed by atoms with E-state index in [0.717, 1.165) is 49.2 Å². The first kappa shape index (κ1) is 18.4. The number of hydrogen-bond acceptors (Lipinski definition) is 4. The predicted molar refractivity (Wildman–Crippen MR) is 112 cm³/mol. The van der Waals surface area contributed by atoms with Crippen LogP contribution in [0.2, 0.25) is 0 Å². The molecule has 0 bridgehead atoms. The number of benzene rings is 1. The van der Waals surface area contributed by atoms with Crippen LogP contribution in [0.25, 0.3) is 10.9 Å². The standard InChI is InChI=1S/C20H27N5OS/c1-2-8-24(11-13-6-7-13)12-25-17-10-15-5-3-4-14(15)9-16(17)18(19(25)26)22-23-20(21)27/h9-10,13,26H,2-8,11-12H2,1H3,(H2,21,27). The Bertz CT molecular complexity index is 900. The van der Waals surface area contributed by atoms with Crippen LogP contribution in [0.1, 0.15) is 43.7 Å². The number of thiocarbonyl (C=S) groups is 1. The van der Waals surface area contributed by atoms with Gasteiger partial charge in [-0.15, -0.1) is 10.2 Å². The molecule has 1 saturated carbocycles. The first-order valence-corrected chi connectivity index (χ1v) is 10.3. The first-order valence-electron chi connectivity index (χ1n) is 9.87. The van der Waals surface area contributed by atoms with Crippen LogP contribution in [-0.2, 0) is 19.5 Å². The summed E-state index contributed by atoms with van der Waals surface area (Å²) in [5.74, 6) is 0.948. The number of hydrogen-bond donors (Lipinski definition) is 2. The molecule has 1 aromatic carbocycles. The van der Waals surface area contributed by atoms with Gasteiger partial charge in [0.05, 0.1) is 12.2 Å². The number of azo groups is 1. The lowest BCUT2D eigenvalue weighted by molar-refractivity contribution is 0.203. The quantitative estimate of drug-likeness (QED) is 0.552. The van der Waals surface area contributed by atoms with Gasteiger partial charge in [-0.3, -0.25) is 9.47 Å². The van der Waals surface area contributed by atoms with Gasteiger partial charge in [-0.2, -0.15) is 0 Å². The number of aromatic hydroxyl groups is 1. The minimum absolute atomic E-state index is 0.0298. The maximum atomic E-state index is 11.0. The van der Waals surface area contributed by atoms with Gasteiger partial charge in [-0.1, -0.05) is 6.92 Å². The van der Waals surface area contributed by atoms with Crippen LogP contribution < -0.4 is 5.73 Å². The highest BCUT2D eigenvalue weighted by atomic mass is 32.1. The molecule has 27 heavy (non-hydrogen) atoms. The summed E-state index contributed by atoms with van der Waals surface area (Å²) in [4.78, 5) is 2.43. The number of aryl methyl sites for hydroxylation is 2. The molecule has 1 heterocycles. The summed E-state index contributed by atoms with van der Waals surface area (Å²) < 4.78 is 1.97. The smallest absolute Gasteiger partial charge is 0.221 e. The number of fused-ring (bicyclic) bond motifs is 2. The van der Waals surface area contributed by atoms with Crippen molar-refractivity contribution in [3.63, 3.8) is 0 Å². The molecule has 6 nitrogen and oxygen atoms in total. The Balaban J connectivity index is 1.77. The summed E-state index contributed by atoms with van der Waals surface area (Å²) in [6.07, 6.45) is 7.09. The summed E-state index contributed by atoms with van der Waals surface area (Å²) in [7, 11) is 0. The molecule has 0 saturated heterocycles. The molecule has 0 aliphatic heterocycles. The van der Waals surface area contributed by atoms with Gasteiger partial charge in [0.1, 0.15) is 0 Å². The van der Waals surface area contributed by atoms with Crippen LogP contribution in [0.3, 0.4) is 0 Å². The van der Waals surface area contributed by atoms with E-state index in [4.69, 9.17) is 18.0 Å². The zero-order valence-corrected chi connectivity index (χ0v) is 16.6. The van der Waals surface area contributed by atoms with Crippen LogP contribution in [0.5, 0.6) is 5.88 Å². The van der Waals surface area contributed by atoms with Crippen LogP contribution in [0.4, 0.5) is 5.69 Å². The Morgan fingerprint density at radius 3 is 2.74 bits per heavy atom. The second-order valence-electron chi connectivity index (χ2n) is 7.79. The molecule has 4 rings (SSSR count). The van der Waals surface area contributed by atoms with E-state index < -0.39 is 0 Å². The monoisotopic (exact) mass is 385 g/mol. The van der Waals surface area contributed by atoms with Gasteiger partial charge >= 0.3 is 0 Å². The van der Waals surface area contributed by atoms with Gasteiger partial charge < -0.3 is 10.8 Å². The minimum atomic E-state index is -0.0298. The van der Waals surface area contributed by atoms with E-state index in [2.05, 4.69) is 34.2 Å². The highest BCUT2D eigenvalue weighted by molar-refractivity contribution is 7.80. The summed E-state index contributed by atoms with van der Waals surface area (Å²) in [5, 5.41) is 19.9. The predicted octanol–water partition coefficient (Wildman–Crippen LogP) is 4.24. The summed E-state index contributed by atoms with van der Waals surface area (Å²) >= 11 is 4.83. The van der Waals surface area contributed by atoms with Gasteiger partial charge in [0.25, 0.3) is 0 Å². The molecule has 0 atom stereocenters. The molecule has 0 unspecified atom stereocenters. The van der Waals surface area contributed by atoms with Gasteiger partial charge in [0.2, 0.25) is 11.0 Å². The summed E-state index contributed by atoms with van der Waals surface area (Å²) in [5.41, 5.74) is 9.69. The van der Waals surface area contributed by atoms with Gasteiger partial charge in [-0.25, -0.2) is 0 Å². The van der Waals surface area contributed by atoms with Crippen molar-refractivity contribution < 1.29 is 5.11 Å². The second-order valence-corrected chi connectivity index (χ2v) is 8.21. The van der Waals surface area contributed by atoms with E-state index in [9.17, 15) is 5.11 Å². The van der Waals surface area contributed by atoms with Crippen molar-refractivity contribution in [3.8, 4) is 5.88 Å². The second kappa shape index (κ2) is 7.56. The van der Waals surface area contributed by atoms with Gasteiger partial charge in [-0.05, 0) is 86.5 Å². The molecular weight excluding hydrogens is 358 g/mol. The molecule has 144 valence electrons. The largest absolute Gasteiger partial charge is 0.493 e. The lowest BCUT2D eigenvalue weighted by Gasteiger charge is -2.23. The fraction of sp³-hybridized carbons (Fsp3) is 0.550. The topological polar surface area (TPSA) is 79.1 Å². The average Bonchev–Trinajstić information content (AvgIpc) is 3.26. The molecule has 3 N–H and O–H groups in total. The molecule has 0 amide bonds. The van der Waals surface area contributed by atoms with Gasteiger partial charge in [0, 0.05) is 11.9 Å².